The molecule has 0 amide bonds. The fourth-order valence-electron chi connectivity index (χ4n) is 2.33. The van der Waals surface area contributed by atoms with E-state index in [2.05, 4.69) is 9.97 Å². The van der Waals surface area contributed by atoms with Gasteiger partial charge in [-0.1, -0.05) is 29.3 Å². The summed E-state index contributed by atoms with van der Waals surface area (Å²) in [5, 5.41) is 1.17. The van der Waals surface area contributed by atoms with E-state index < -0.39 is 0 Å². The van der Waals surface area contributed by atoms with Crippen LogP contribution in [0.2, 0.25) is 10.0 Å². The molecule has 0 atom stereocenters. The molecule has 1 aliphatic rings. The molecule has 6 heteroatoms. The molecule has 2 heterocycles. The number of fused-ring (bicyclic) bond motifs is 1. The van der Waals surface area contributed by atoms with Crippen LogP contribution in [0.4, 0.5) is 0 Å². The summed E-state index contributed by atoms with van der Waals surface area (Å²) < 4.78 is 0.639. The van der Waals surface area contributed by atoms with Crippen molar-refractivity contribution in [1.29, 1.82) is 0 Å². The monoisotopic (exact) mass is 336 g/mol. The van der Waals surface area contributed by atoms with Crippen LogP contribution in [0.25, 0.3) is 20.7 Å². The van der Waals surface area contributed by atoms with E-state index in [4.69, 9.17) is 23.2 Å². The fourth-order valence-corrected chi connectivity index (χ4v) is 3.93. The molecule has 3 aromatic rings. The van der Waals surface area contributed by atoms with Crippen molar-refractivity contribution in [1.82, 2.24) is 9.97 Å². The number of rotatable bonds is 2. The summed E-state index contributed by atoms with van der Waals surface area (Å²) >= 11 is 13.6. The molecule has 0 unspecified atom stereocenters. The first-order chi connectivity index (χ1) is 10.1. The molecule has 0 spiro atoms. The largest absolute Gasteiger partial charge is 0.309 e. The number of aromatic amines is 1. The lowest BCUT2D eigenvalue weighted by Gasteiger charge is -2.00. The van der Waals surface area contributed by atoms with Gasteiger partial charge in [-0.3, -0.25) is 4.79 Å². The van der Waals surface area contributed by atoms with E-state index in [1.807, 2.05) is 12.1 Å². The molecule has 21 heavy (non-hydrogen) atoms. The van der Waals surface area contributed by atoms with Gasteiger partial charge in [0.15, 0.2) is 0 Å². The average molecular weight is 337 g/mol. The third-order valence-corrected chi connectivity index (χ3v) is 5.27. The van der Waals surface area contributed by atoms with Crippen LogP contribution in [0.1, 0.15) is 24.6 Å². The van der Waals surface area contributed by atoms with Gasteiger partial charge in [-0.25, -0.2) is 4.98 Å². The first kappa shape index (κ1) is 13.3. The van der Waals surface area contributed by atoms with Crippen molar-refractivity contribution in [2.75, 3.05) is 0 Å². The third-order valence-electron chi connectivity index (χ3n) is 3.56. The van der Waals surface area contributed by atoms with Crippen LogP contribution in [-0.4, -0.2) is 9.97 Å². The fraction of sp³-hybridized carbons (Fsp3) is 0.200. The standard InChI is InChI=1S/C15H10Cl2N2OS/c16-8-3-4-9(10(17)5-8)12-6-11-13(21-12)15(20)19-14(18-11)7-1-2-7/h3-7H,1-2H2,(H,18,19,20). The predicted octanol–water partition coefficient (Wildman–Crippen LogP) is 4.84. The van der Waals surface area contributed by atoms with Crippen molar-refractivity contribution in [3.63, 3.8) is 0 Å². The highest BCUT2D eigenvalue weighted by Crippen LogP contribution is 2.40. The number of nitrogens with one attached hydrogen (secondary N) is 1. The van der Waals surface area contributed by atoms with E-state index in [9.17, 15) is 4.79 Å². The summed E-state index contributed by atoms with van der Waals surface area (Å²) in [6.45, 7) is 0. The molecule has 0 bridgehead atoms. The van der Waals surface area contributed by atoms with E-state index in [1.54, 1.807) is 12.1 Å². The summed E-state index contributed by atoms with van der Waals surface area (Å²) in [5.74, 6) is 1.23. The lowest BCUT2D eigenvalue weighted by atomic mass is 10.2. The first-order valence-corrected chi connectivity index (χ1v) is 8.18. The Morgan fingerprint density at radius 1 is 1.24 bits per heavy atom. The summed E-state index contributed by atoms with van der Waals surface area (Å²) in [7, 11) is 0. The number of H-pyrrole nitrogens is 1. The molecule has 3 nitrogen and oxygen atoms in total. The number of benzene rings is 1. The smallest absolute Gasteiger partial charge is 0.268 e. The van der Waals surface area contributed by atoms with E-state index in [1.165, 1.54) is 11.3 Å². The zero-order chi connectivity index (χ0) is 14.6. The van der Waals surface area contributed by atoms with Gasteiger partial charge in [-0.2, -0.15) is 0 Å². The molecule has 1 N–H and O–H groups in total. The highest BCUT2D eigenvalue weighted by Gasteiger charge is 2.27. The second-order valence-corrected chi connectivity index (χ2v) is 7.07. The summed E-state index contributed by atoms with van der Waals surface area (Å²) in [6.07, 6.45) is 2.21. The molecule has 1 aliphatic carbocycles. The molecule has 0 radical (unpaired) electrons. The van der Waals surface area contributed by atoms with E-state index in [0.717, 1.165) is 34.6 Å². The van der Waals surface area contributed by atoms with Crippen LogP contribution in [0.15, 0.2) is 29.1 Å². The number of hydrogen-bond donors (Lipinski definition) is 1. The van der Waals surface area contributed by atoms with Crippen LogP contribution in [0.3, 0.4) is 0 Å². The summed E-state index contributed by atoms with van der Waals surface area (Å²) in [6, 6.07) is 7.29. The lowest BCUT2D eigenvalue weighted by Crippen LogP contribution is -2.09. The molecule has 2 aromatic heterocycles. The highest BCUT2D eigenvalue weighted by molar-refractivity contribution is 7.22. The average Bonchev–Trinajstić information content (AvgIpc) is 3.19. The Hall–Kier alpha value is -1.36. The second-order valence-electron chi connectivity index (χ2n) is 5.17. The van der Waals surface area contributed by atoms with Gasteiger partial charge >= 0.3 is 0 Å². The lowest BCUT2D eigenvalue weighted by molar-refractivity contribution is 0.934. The van der Waals surface area contributed by atoms with E-state index in [-0.39, 0.29) is 5.56 Å². The summed E-state index contributed by atoms with van der Waals surface area (Å²) in [4.78, 5) is 20.6. The molecule has 0 aliphatic heterocycles. The number of thiophene rings is 1. The Labute approximate surface area is 134 Å². The number of nitrogens with zero attached hydrogens (tertiary/aromatic N) is 1. The van der Waals surface area contributed by atoms with Crippen molar-refractivity contribution in [3.05, 3.63) is 50.5 Å². The van der Waals surface area contributed by atoms with E-state index in [0.29, 0.717) is 20.7 Å². The molecular weight excluding hydrogens is 327 g/mol. The van der Waals surface area contributed by atoms with E-state index >= 15 is 0 Å². The van der Waals surface area contributed by atoms with Gasteiger partial charge < -0.3 is 4.98 Å². The van der Waals surface area contributed by atoms with Crippen molar-refractivity contribution >= 4 is 44.8 Å². The van der Waals surface area contributed by atoms with Crippen molar-refractivity contribution in [2.24, 2.45) is 0 Å². The van der Waals surface area contributed by atoms with Crippen molar-refractivity contribution < 1.29 is 0 Å². The van der Waals surface area contributed by atoms with Gasteiger partial charge in [0.2, 0.25) is 0 Å². The summed E-state index contributed by atoms with van der Waals surface area (Å²) in [5.41, 5.74) is 1.55. The zero-order valence-electron chi connectivity index (χ0n) is 10.8. The van der Waals surface area contributed by atoms with Gasteiger partial charge in [-0.05, 0) is 31.0 Å². The van der Waals surface area contributed by atoms with Gasteiger partial charge in [0.05, 0.1) is 10.5 Å². The third kappa shape index (κ3) is 2.37. The minimum absolute atomic E-state index is 0.0664. The molecule has 1 saturated carbocycles. The van der Waals surface area contributed by atoms with Gasteiger partial charge in [0.1, 0.15) is 10.5 Å². The molecule has 1 aromatic carbocycles. The minimum atomic E-state index is -0.0664. The minimum Gasteiger partial charge on any atom is -0.309 e. The number of halogens is 2. The number of aromatic nitrogens is 2. The molecule has 1 fully saturated rings. The topological polar surface area (TPSA) is 45.8 Å². The zero-order valence-corrected chi connectivity index (χ0v) is 13.1. The number of hydrogen-bond acceptors (Lipinski definition) is 3. The van der Waals surface area contributed by atoms with Crippen LogP contribution >= 0.6 is 34.5 Å². The Balaban J connectivity index is 1.90. The quantitative estimate of drug-likeness (QED) is 0.727. The maximum Gasteiger partial charge on any atom is 0.268 e. The second kappa shape index (κ2) is 4.83. The molecule has 0 saturated heterocycles. The van der Waals surface area contributed by atoms with Crippen molar-refractivity contribution in [3.8, 4) is 10.4 Å². The maximum absolute atomic E-state index is 12.2. The Morgan fingerprint density at radius 3 is 2.76 bits per heavy atom. The van der Waals surface area contributed by atoms with Gasteiger partial charge in [-0.15, -0.1) is 11.3 Å². The predicted molar refractivity (Wildman–Crippen MR) is 87.7 cm³/mol. The van der Waals surface area contributed by atoms with Crippen LogP contribution in [-0.2, 0) is 0 Å². The SMILES string of the molecule is O=c1[nH]c(C2CC2)nc2cc(-c3ccc(Cl)cc3Cl)sc12. The van der Waals surface area contributed by atoms with Crippen molar-refractivity contribution in [2.45, 2.75) is 18.8 Å². The molecule has 4 rings (SSSR count). The first-order valence-electron chi connectivity index (χ1n) is 6.61. The highest BCUT2D eigenvalue weighted by atomic mass is 35.5. The van der Waals surface area contributed by atoms with Gasteiger partial charge in [0, 0.05) is 21.4 Å². The van der Waals surface area contributed by atoms with Crippen LogP contribution in [0.5, 0.6) is 0 Å². The molecule has 106 valence electrons. The maximum atomic E-state index is 12.2. The molecular formula is C15H10Cl2N2OS. The Bertz CT molecular complexity index is 912. The van der Waals surface area contributed by atoms with Crippen LogP contribution < -0.4 is 5.56 Å². The van der Waals surface area contributed by atoms with Crippen LogP contribution in [0, 0.1) is 0 Å². The Morgan fingerprint density at radius 2 is 2.05 bits per heavy atom. The van der Waals surface area contributed by atoms with Gasteiger partial charge in [0.25, 0.3) is 5.56 Å². The normalized spacial score (nSPS) is 14.8. The Kier molecular flexibility index (Phi) is 3.06.